The molecule has 0 atom stereocenters. The van der Waals surface area contributed by atoms with Crippen molar-refractivity contribution in [1.82, 2.24) is 4.98 Å². The first-order valence-corrected chi connectivity index (χ1v) is 10.7. The van der Waals surface area contributed by atoms with E-state index in [2.05, 4.69) is 11.1 Å². The van der Waals surface area contributed by atoms with Crippen molar-refractivity contribution in [1.29, 1.82) is 5.26 Å². The molecule has 6 heteroatoms. The maximum atomic E-state index is 12.9. The van der Waals surface area contributed by atoms with Crippen molar-refractivity contribution in [3.05, 3.63) is 94.8 Å². The van der Waals surface area contributed by atoms with Crippen LogP contribution in [0.25, 0.3) is 37.8 Å². The van der Waals surface area contributed by atoms with Crippen LogP contribution in [0.15, 0.2) is 76.7 Å². The van der Waals surface area contributed by atoms with E-state index in [1.165, 1.54) is 17.4 Å². The zero-order chi connectivity index (χ0) is 21.8. The van der Waals surface area contributed by atoms with Crippen molar-refractivity contribution < 1.29 is 14.0 Å². The van der Waals surface area contributed by atoms with Gasteiger partial charge in [0.05, 0.1) is 21.9 Å². The molecule has 0 fully saturated rings. The number of carbonyl (C=O) groups is 2. The fraction of sp³-hybridized carbons (Fsp3) is 0. The second-order valence-corrected chi connectivity index (χ2v) is 8.52. The molecule has 0 aliphatic heterocycles. The van der Waals surface area contributed by atoms with Gasteiger partial charge < -0.3 is 4.42 Å². The molecule has 0 unspecified atom stereocenters. The Hall–Kier alpha value is -4.34. The summed E-state index contributed by atoms with van der Waals surface area (Å²) in [7, 11) is 0. The summed E-state index contributed by atoms with van der Waals surface area (Å²) in [4.78, 5) is 30.4. The molecular formula is C26H12N2O3S. The summed E-state index contributed by atoms with van der Waals surface area (Å²) < 4.78 is 6.63. The van der Waals surface area contributed by atoms with Gasteiger partial charge in [0.25, 0.3) is 0 Å². The van der Waals surface area contributed by atoms with Crippen molar-refractivity contribution >= 4 is 50.2 Å². The number of Topliss-reactive ketones (excluding diaryl/α,β-unsaturated/α-hetero) is 2. The number of hydrogen-bond acceptors (Lipinski definition) is 6. The Morgan fingerprint density at radius 1 is 0.906 bits per heavy atom. The Morgan fingerprint density at radius 3 is 2.16 bits per heavy atom. The third-order valence-corrected chi connectivity index (χ3v) is 6.55. The monoisotopic (exact) mass is 432 g/mol. The van der Waals surface area contributed by atoms with Gasteiger partial charge >= 0.3 is 0 Å². The number of allylic oxidation sites excluding steroid dienone is 1. The third kappa shape index (κ3) is 2.80. The van der Waals surface area contributed by atoms with E-state index in [0.717, 1.165) is 26.0 Å². The molecule has 5 nitrogen and oxygen atoms in total. The van der Waals surface area contributed by atoms with Gasteiger partial charge in [-0.05, 0) is 41.1 Å². The lowest BCUT2D eigenvalue weighted by Gasteiger charge is -2.00. The average Bonchev–Trinajstić information content (AvgIpc) is 3.45. The molecule has 150 valence electrons. The number of thiazole rings is 1. The number of hydrogen-bond donors (Lipinski definition) is 0. The minimum absolute atomic E-state index is 0.101. The van der Waals surface area contributed by atoms with E-state index in [0.29, 0.717) is 28.2 Å². The summed E-state index contributed by atoms with van der Waals surface area (Å²) in [5, 5.41) is 11.6. The van der Waals surface area contributed by atoms with Gasteiger partial charge in [-0.1, -0.05) is 36.4 Å². The van der Waals surface area contributed by atoms with Crippen LogP contribution >= 0.6 is 11.3 Å². The third-order valence-electron chi connectivity index (χ3n) is 5.52. The van der Waals surface area contributed by atoms with Gasteiger partial charge in [0, 0.05) is 22.8 Å². The number of rotatable bonds is 2. The SMILES string of the molecule is N#Cc1ccc(-c2nc3oc(C=C4C(=O)c5cc6ccccc6cc5C4=O)cc3s2)cc1. The molecule has 1 aliphatic carbocycles. The summed E-state index contributed by atoms with van der Waals surface area (Å²) in [5.41, 5.74) is 2.88. The zero-order valence-electron chi connectivity index (χ0n) is 16.5. The molecule has 0 spiro atoms. The van der Waals surface area contributed by atoms with Gasteiger partial charge in [0.1, 0.15) is 10.8 Å². The molecule has 2 aromatic heterocycles. The topological polar surface area (TPSA) is 84.0 Å². The Morgan fingerprint density at radius 2 is 1.56 bits per heavy atom. The van der Waals surface area contributed by atoms with Crippen LogP contribution in [0.3, 0.4) is 0 Å². The predicted octanol–water partition coefficient (Wildman–Crippen LogP) is 6.04. The van der Waals surface area contributed by atoms with Crippen molar-refractivity contribution in [3.63, 3.8) is 0 Å². The van der Waals surface area contributed by atoms with Gasteiger partial charge in [-0.2, -0.15) is 5.26 Å². The number of nitriles is 1. The number of benzene rings is 3. The fourth-order valence-electron chi connectivity index (χ4n) is 3.92. The molecule has 32 heavy (non-hydrogen) atoms. The molecule has 3 aromatic carbocycles. The number of carbonyl (C=O) groups excluding carboxylic acids is 2. The van der Waals surface area contributed by atoms with E-state index in [1.54, 1.807) is 30.3 Å². The van der Waals surface area contributed by atoms with Crippen LogP contribution in [-0.4, -0.2) is 16.6 Å². The minimum atomic E-state index is -0.290. The van der Waals surface area contributed by atoms with Crippen molar-refractivity contribution in [3.8, 4) is 16.6 Å². The van der Waals surface area contributed by atoms with E-state index in [4.69, 9.17) is 9.68 Å². The highest BCUT2D eigenvalue weighted by Gasteiger charge is 2.33. The van der Waals surface area contributed by atoms with E-state index in [9.17, 15) is 9.59 Å². The average molecular weight is 432 g/mol. The fourth-order valence-corrected chi connectivity index (χ4v) is 4.86. The van der Waals surface area contributed by atoms with Crippen molar-refractivity contribution in [2.75, 3.05) is 0 Å². The maximum absolute atomic E-state index is 12.9. The highest BCUT2D eigenvalue weighted by atomic mass is 32.1. The van der Waals surface area contributed by atoms with Gasteiger partial charge in [0.15, 0.2) is 11.6 Å². The van der Waals surface area contributed by atoms with E-state index in [1.807, 2.05) is 36.4 Å². The van der Waals surface area contributed by atoms with Gasteiger partial charge in [-0.15, -0.1) is 11.3 Å². The van der Waals surface area contributed by atoms with Crippen LogP contribution in [0.4, 0.5) is 0 Å². The molecule has 0 N–H and O–H groups in total. The molecular weight excluding hydrogens is 420 g/mol. The predicted molar refractivity (Wildman–Crippen MR) is 123 cm³/mol. The van der Waals surface area contributed by atoms with Gasteiger partial charge in [-0.3, -0.25) is 9.59 Å². The van der Waals surface area contributed by atoms with Crippen molar-refractivity contribution in [2.24, 2.45) is 0 Å². The second kappa shape index (κ2) is 6.84. The normalized spacial score (nSPS) is 13.0. The van der Waals surface area contributed by atoms with Crippen molar-refractivity contribution in [2.45, 2.75) is 0 Å². The van der Waals surface area contributed by atoms with E-state index < -0.39 is 0 Å². The number of nitrogens with zero attached hydrogens (tertiary/aromatic N) is 2. The van der Waals surface area contributed by atoms with E-state index >= 15 is 0 Å². The first-order chi connectivity index (χ1) is 15.6. The van der Waals surface area contributed by atoms with Gasteiger partial charge in [0.2, 0.25) is 5.71 Å². The Balaban J connectivity index is 1.36. The van der Waals surface area contributed by atoms with Crippen LogP contribution in [0.2, 0.25) is 0 Å². The highest BCUT2D eigenvalue weighted by molar-refractivity contribution is 7.21. The molecule has 0 amide bonds. The van der Waals surface area contributed by atoms with Crippen LogP contribution < -0.4 is 0 Å². The summed E-state index contributed by atoms with van der Waals surface area (Å²) in [5.74, 6) is -0.164. The summed E-state index contributed by atoms with van der Waals surface area (Å²) >= 11 is 1.45. The molecule has 0 saturated heterocycles. The molecule has 2 heterocycles. The number of furan rings is 1. The quantitative estimate of drug-likeness (QED) is 0.251. The standard InChI is InChI=1S/C26H12N2O3S/c27-13-14-5-7-15(8-6-14)26-28-25-22(32-26)12-18(31-25)11-21-23(29)19-9-16-3-1-2-4-17(16)10-20(19)24(21)30/h1-12H. The molecule has 6 rings (SSSR count). The lowest BCUT2D eigenvalue weighted by atomic mass is 10.0. The van der Waals surface area contributed by atoms with E-state index in [-0.39, 0.29) is 17.1 Å². The van der Waals surface area contributed by atoms with Crippen LogP contribution in [-0.2, 0) is 0 Å². The smallest absolute Gasteiger partial charge is 0.238 e. The first kappa shape index (κ1) is 18.4. The number of ketones is 2. The lowest BCUT2D eigenvalue weighted by molar-refractivity contribution is 0.0990. The Kier molecular flexibility index (Phi) is 3.94. The van der Waals surface area contributed by atoms with Gasteiger partial charge in [-0.25, -0.2) is 4.98 Å². The molecule has 0 saturated carbocycles. The lowest BCUT2D eigenvalue weighted by Crippen LogP contribution is -1.99. The maximum Gasteiger partial charge on any atom is 0.238 e. The first-order valence-electron chi connectivity index (χ1n) is 9.85. The zero-order valence-corrected chi connectivity index (χ0v) is 17.3. The second-order valence-electron chi connectivity index (χ2n) is 7.49. The highest BCUT2D eigenvalue weighted by Crippen LogP contribution is 2.35. The number of aromatic nitrogens is 1. The van der Waals surface area contributed by atoms with Crippen LogP contribution in [0.1, 0.15) is 32.0 Å². The molecule has 0 radical (unpaired) electrons. The summed E-state index contributed by atoms with van der Waals surface area (Å²) in [6.45, 7) is 0. The number of fused-ring (bicyclic) bond motifs is 3. The largest absolute Gasteiger partial charge is 0.437 e. The molecule has 0 bridgehead atoms. The molecule has 5 aromatic rings. The summed E-state index contributed by atoms with van der Waals surface area (Å²) in [6.07, 6.45) is 1.51. The molecule has 1 aliphatic rings. The minimum Gasteiger partial charge on any atom is -0.437 e. The van der Waals surface area contributed by atoms with Crippen LogP contribution in [0.5, 0.6) is 0 Å². The van der Waals surface area contributed by atoms with Crippen LogP contribution in [0, 0.1) is 11.3 Å². The Bertz CT molecular complexity index is 1580. The Labute approximate surface area is 185 Å². The summed E-state index contributed by atoms with van der Waals surface area (Å²) in [6, 6.07) is 22.3.